The van der Waals surface area contributed by atoms with Crippen LogP contribution in [0.3, 0.4) is 0 Å². The number of hydrogen-bond acceptors (Lipinski definition) is 5. The summed E-state index contributed by atoms with van der Waals surface area (Å²) in [4.78, 5) is 16.4. The van der Waals surface area contributed by atoms with Crippen LogP contribution in [0.2, 0.25) is 0 Å². The van der Waals surface area contributed by atoms with E-state index >= 15 is 0 Å². The van der Waals surface area contributed by atoms with Crippen LogP contribution >= 0.6 is 0 Å². The van der Waals surface area contributed by atoms with Crippen LogP contribution < -0.4 is 10.0 Å². The van der Waals surface area contributed by atoms with Crippen LogP contribution in [0.4, 0.5) is 4.79 Å². The molecule has 0 bridgehead atoms. The molecule has 23 heavy (non-hydrogen) atoms. The second-order valence-corrected chi connectivity index (χ2v) is 8.17. The molecule has 2 aliphatic heterocycles. The molecule has 0 aliphatic carbocycles. The van der Waals surface area contributed by atoms with Gasteiger partial charge in [-0.25, -0.2) is 17.9 Å². The lowest BCUT2D eigenvalue weighted by Crippen LogP contribution is -2.49. The first-order valence-corrected chi connectivity index (χ1v) is 9.89. The van der Waals surface area contributed by atoms with Crippen LogP contribution in [0.5, 0.6) is 0 Å². The second-order valence-electron chi connectivity index (χ2n) is 6.12. The largest absolute Gasteiger partial charge is 0.379 e. The first kappa shape index (κ1) is 18.4. The molecular weight excluding hydrogens is 320 g/mol. The summed E-state index contributed by atoms with van der Waals surface area (Å²) in [5.41, 5.74) is 0. The predicted molar refractivity (Wildman–Crippen MR) is 87.8 cm³/mol. The number of carbonyl (C=O) groups is 1. The van der Waals surface area contributed by atoms with Gasteiger partial charge in [0.05, 0.1) is 19.0 Å². The van der Waals surface area contributed by atoms with E-state index in [2.05, 4.69) is 14.9 Å². The highest BCUT2D eigenvalue weighted by Crippen LogP contribution is 2.18. The fourth-order valence-corrected chi connectivity index (χ4v) is 3.63. The third-order valence-corrected chi connectivity index (χ3v) is 5.75. The highest BCUT2D eigenvalue weighted by atomic mass is 32.2. The molecule has 2 fully saturated rings. The molecule has 0 aromatic heterocycles. The van der Waals surface area contributed by atoms with Gasteiger partial charge in [0.1, 0.15) is 0 Å². The Morgan fingerprint density at radius 1 is 1.26 bits per heavy atom. The van der Waals surface area contributed by atoms with Crippen LogP contribution in [-0.4, -0.2) is 89.5 Å². The topological polar surface area (TPSA) is 91.0 Å². The zero-order chi connectivity index (χ0) is 16.7. The molecule has 1 atom stereocenters. The third-order valence-electron chi connectivity index (χ3n) is 4.38. The molecule has 2 amide bonds. The monoisotopic (exact) mass is 348 g/mol. The number of carbonyl (C=O) groups excluding carboxylic acids is 1. The minimum absolute atomic E-state index is 0.0969. The van der Waals surface area contributed by atoms with E-state index in [4.69, 9.17) is 4.74 Å². The molecule has 134 valence electrons. The highest BCUT2D eigenvalue weighted by Gasteiger charge is 2.25. The minimum atomic E-state index is -3.28. The van der Waals surface area contributed by atoms with E-state index in [1.54, 1.807) is 4.90 Å². The molecule has 0 aromatic rings. The molecule has 2 N–H and O–H groups in total. The number of amides is 2. The van der Waals surface area contributed by atoms with E-state index in [1.807, 2.05) is 0 Å². The van der Waals surface area contributed by atoms with Crippen molar-refractivity contribution >= 4 is 16.1 Å². The zero-order valence-electron chi connectivity index (χ0n) is 13.8. The number of likely N-dealkylation sites (tertiary alicyclic amines) is 1. The minimum Gasteiger partial charge on any atom is -0.379 e. The average molecular weight is 348 g/mol. The Morgan fingerprint density at radius 3 is 2.70 bits per heavy atom. The number of morpholine rings is 1. The molecule has 2 rings (SSSR count). The van der Waals surface area contributed by atoms with Gasteiger partial charge in [0, 0.05) is 39.3 Å². The number of rotatable bonds is 6. The third kappa shape index (κ3) is 6.25. The molecule has 2 heterocycles. The lowest BCUT2D eigenvalue weighted by Gasteiger charge is -2.36. The van der Waals surface area contributed by atoms with Crippen molar-refractivity contribution in [3.63, 3.8) is 0 Å². The second kappa shape index (κ2) is 8.81. The Hall–Kier alpha value is -0.900. The number of nitrogens with one attached hydrogen (secondary N) is 2. The van der Waals surface area contributed by atoms with E-state index in [0.29, 0.717) is 5.92 Å². The Balaban J connectivity index is 1.72. The van der Waals surface area contributed by atoms with Gasteiger partial charge in [-0.2, -0.15) is 0 Å². The Bertz CT molecular complexity index is 479. The maximum absolute atomic E-state index is 12.2. The Kier molecular flexibility index (Phi) is 7.07. The lowest BCUT2D eigenvalue weighted by molar-refractivity contribution is 0.0249. The van der Waals surface area contributed by atoms with Gasteiger partial charge in [0.15, 0.2) is 0 Å². The molecule has 0 radical (unpaired) electrons. The average Bonchev–Trinajstić information content (AvgIpc) is 2.56. The van der Waals surface area contributed by atoms with Gasteiger partial charge in [-0.3, -0.25) is 4.90 Å². The van der Waals surface area contributed by atoms with Crippen molar-refractivity contribution in [3.8, 4) is 0 Å². The summed E-state index contributed by atoms with van der Waals surface area (Å²) >= 11 is 0. The molecule has 2 saturated heterocycles. The smallest absolute Gasteiger partial charge is 0.317 e. The van der Waals surface area contributed by atoms with Crippen molar-refractivity contribution in [2.24, 2.45) is 5.92 Å². The molecule has 0 aromatic carbocycles. The fraction of sp³-hybridized carbons (Fsp3) is 0.929. The summed E-state index contributed by atoms with van der Waals surface area (Å²) in [6, 6.07) is -0.164. The molecule has 8 nitrogen and oxygen atoms in total. The maximum atomic E-state index is 12.2. The van der Waals surface area contributed by atoms with Crippen molar-refractivity contribution in [1.29, 1.82) is 0 Å². The molecule has 0 saturated carbocycles. The number of sulfonamides is 1. The summed E-state index contributed by atoms with van der Waals surface area (Å²) < 4.78 is 30.3. The zero-order valence-corrected chi connectivity index (χ0v) is 14.6. The van der Waals surface area contributed by atoms with Crippen molar-refractivity contribution in [3.05, 3.63) is 0 Å². The first-order valence-electron chi connectivity index (χ1n) is 8.24. The number of nitrogens with zero attached hydrogens (tertiary/aromatic N) is 2. The van der Waals surface area contributed by atoms with Gasteiger partial charge in [-0.15, -0.1) is 0 Å². The van der Waals surface area contributed by atoms with Crippen LogP contribution in [0.25, 0.3) is 0 Å². The normalized spacial score (nSPS) is 23.7. The van der Waals surface area contributed by atoms with Gasteiger partial charge in [-0.05, 0) is 25.8 Å². The summed E-state index contributed by atoms with van der Waals surface area (Å²) in [5, 5.41) is 2.70. The molecule has 9 heteroatoms. The van der Waals surface area contributed by atoms with Gasteiger partial charge in [0.2, 0.25) is 10.0 Å². The quantitative estimate of drug-likeness (QED) is 0.662. The number of ether oxygens (including phenoxy) is 1. The van der Waals surface area contributed by atoms with Crippen LogP contribution in [-0.2, 0) is 14.8 Å². The molecule has 0 unspecified atom stereocenters. The van der Waals surface area contributed by atoms with E-state index < -0.39 is 10.0 Å². The van der Waals surface area contributed by atoms with Crippen LogP contribution in [0.15, 0.2) is 0 Å². The summed E-state index contributed by atoms with van der Waals surface area (Å²) in [6.07, 6.45) is 2.13. The SMILES string of the molecule is CNS(=O)(=O)CCNC(=O)N1CCC[C@H](CN2CCOCC2)C1. The van der Waals surface area contributed by atoms with Gasteiger partial charge < -0.3 is 15.0 Å². The number of hydrogen-bond donors (Lipinski definition) is 2. The summed E-state index contributed by atoms with van der Waals surface area (Å²) in [6.45, 7) is 6.11. The van der Waals surface area contributed by atoms with Gasteiger partial charge in [0.25, 0.3) is 0 Å². The Labute approximate surface area is 138 Å². The fourth-order valence-electron chi connectivity index (χ4n) is 3.05. The first-order chi connectivity index (χ1) is 11.0. The lowest BCUT2D eigenvalue weighted by atomic mass is 9.97. The molecule has 0 spiro atoms. The molecular formula is C14H28N4O4S. The highest BCUT2D eigenvalue weighted by molar-refractivity contribution is 7.89. The van der Waals surface area contributed by atoms with E-state index in [0.717, 1.165) is 58.8 Å². The Morgan fingerprint density at radius 2 is 2.00 bits per heavy atom. The van der Waals surface area contributed by atoms with E-state index in [9.17, 15) is 13.2 Å². The van der Waals surface area contributed by atoms with Gasteiger partial charge in [-0.1, -0.05) is 0 Å². The van der Waals surface area contributed by atoms with Crippen molar-refractivity contribution < 1.29 is 17.9 Å². The van der Waals surface area contributed by atoms with Gasteiger partial charge >= 0.3 is 6.03 Å². The number of urea groups is 1. The van der Waals surface area contributed by atoms with Crippen molar-refractivity contribution in [1.82, 2.24) is 19.8 Å². The summed E-state index contributed by atoms with van der Waals surface area (Å²) in [7, 11) is -1.90. The van der Waals surface area contributed by atoms with E-state index in [1.165, 1.54) is 7.05 Å². The van der Waals surface area contributed by atoms with Crippen molar-refractivity contribution in [2.75, 3.05) is 65.3 Å². The predicted octanol–water partition coefficient (Wildman–Crippen LogP) is -0.711. The number of piperidine rings is 1. The van der Waals surface area contributed by atoms with E-state index in [-0.39, 0.29) is 18.3 Å². The van der Waals surface area contributed by atoms with Crippen LogP contribution in [0, 0.1) is 5.92 Å². The standard InChI is InChI=1S/C14H28N4O4S/c1-15-23(20,21)10-4-16-14(19)18-5-2-3-13(12-18)11-17-6-8-22-9-7-17/h13,15H,2-12H2,1H3,(H,16,19)/t13-/m1/s1. The summed E-state index contributed by atoms with van der Waals surface area (Å²) in [5.74, 6) is 0.383. The molecule has 2 aliphatic rings. The van der Waals surface area contributed by atoms with Crippen LogP contribution in [0.1, 0.15) is 12.8 Å². The van der Waals surface area contributed by atoms with Crippen molar-refractivity contribution in [2.45, 2.75) is 12.8 Å². The maximum Gasteiger partial charge on any atom is 0.317 e.